The fraction of sp³-hybridized carbons (Fsp3) is 0.357. The van der Waals surface area contributed by atoms with Crippen molar-refractivity contribution in [3.8, 4) is 11.3 Å². The standard InChI is InChI=1S/C28H31F2N9O.H2S/c1-18(20-4-3-5-21-22(27(40)31-2)6-7-32-26(20)21)13-33-25-12-23(36-17-37-25)19-14-34-28(35-15-19)39-10-8-38(9-11-39)16-24(29)30;/h3-7,12,14-15,17-18,24H,8-11,13,16H2,1-2H3,(H,31,40)(H,33,36,37);1H2/t18-;/m1./s1. The van der Waals surface area contributed by atoms with Crippen molar-refractivity contribution >= 4 is 42.1 Å². The summed E-state index contributed by atoms with van der Waals surface area (Å²) in [7, 11) is 1.62. The number of carbonyl (C=O) groups excluding carboxylic acids is 1. The molecule has 0 unspecified atom stereocenters. The molecule has 1 aliphatic heterocycles. The lowest BCUT2D eigenvalue weighted by Gasteiger charge is -2.34. The molecular formula is C28H33F2N9OS. The smallest absolute Gasteiger partial charge is 0.251 e. The molecule has 5 rings (SSSR count). The van der Waals surface area contributed by atoms with Crippen LogP contribution in [-0.4, -0.2) is 88.5 Å². The Morgan fingerprint density at radius 2 is 1.78 bits per heavy atom. The number of carbonyl (C=O) groups is 1. The third-order valence-corrected chi connectivity index (χ3v) is 7.05. The van der Waals surface area contributed by atoms with Crippen molar-refractivity contribution < 1.29 is 13.6 Å². The van der Waals surface area contributed by atoms with Crippen molar-refractivity contribution in [2.24, 2.45) is 0 Å². The molecule has 0 aliphatic carbocycles. The Morgan fingerprint density at radius 1 is 1.02 bits per heavy atom. The van der Waals surface area contributed by atoms with Gasteiger partial charge in [-0.1, -0.05) is 25.1 Å². The fourth-order valence-corrected chi connectivity index (χ4v) is 4.85. The molecule has 41 heavy (non-hydrogen) atoms. The van der Waals surface area contributed by atoms with Gasteiger partial charge in [0.15, 0.2) is 0 Å². The monoisotopic (exact) mass is 581 g/mol. The van der Waals surface area contributed by atoms with Gasteiger partial charge >= 0.3 is 0 Å². The molecule has 1 aromatic carbocycles. The number of alkyl halides is 2. The molecule has 1 saturated heterocycles. The lowest BCUT2D eigenvalue weighted by Crippen LogP contribution is -2.48. The molecule has 0 spiro atoms. The molecule has 0 saturated carbocycles. The van der Waals surface area contributed by atoms with Crippen molar-refractivity contribution in [3.05, 3.63) is 66.4 Å². The number of para-hydroxylation sites is 1. The fourth-order valence-electron chi connectivity index (χ4n) is 4.85. The number of hydrogen-bond acceptors (Lipinski definition) is 9. The van der Waals surface area contributed by atoms with Crippen LogP contribution in [0.3, 0.4) is 0 Å². The molecule has 10 nitrogen and oxygen atoms in total. The van der Waals surface area contributed by atoms with E-state index in [1.54, 1.807) is 36.6 Å². The van der Waals surface area contributed by atoms with E-state index >= 15 is 0 Å². The van der Waals surface area contributed by atoms with Crippen molar-refractivity contribution in [1.29, 1.82) is 0 Å². The van der Waals surface area contributed by atoms with Crippen molar-refractivity contribution in [2.45, 2.75) is 19.3 Å². The number of anilines is 2. The van der Waals surface area contributed by atoms with E-state index in [0.717, 1.165) is 22.0 Å². The van der Waals surface area contributed by atoms with Gasteiger partial charge in [-0.05, 0) is 11.6 Å². The highest BCUT2D eigenvalue weighted by Crippen LogP contribution is 2.27. The van der Waals surface area contributed by atoms with Gasteiger partial charge in [-0.2, -0.15) is 13.5 Å². The van der Waals surface area contributed by atoms with Gasteiger partial charge in [0.05, 0.1) is 23.3 Å². The zero-order chi connectivity index (χ0) is 28.1. The number of hydrogen-bond donors (Lipinski definition) is 2. The van der Waals surface area contributed by atoms with Crippen molar-refractivity contribution in [1.82, 2.24) is 35.1 Å². The van der Waals surface area contributed by atoms with Crippen LogP contribution in [0.5, 0.6) is 0 Å². The number of fused-ring (bicyclic) bond motifs is 1. The first-order chi connectivity index (χ1) is 19.4. The Kier molecular flexibility index (Phi) is 9.95. The molecule has 13 heteroatoms. The first-order valence-electron chi connectivity index (χ1n) is 13.2. The summed E-state index contributed by atoms with van der Waals surface area (Å²) in [6, 6.07) is 9.45. The van der Waals surface area contributed by atoms with Crippen molar-refractivity contribution in [2.75, 3.05) is 56.5 Å². The SMILES string of the molecule is CNC(=O)c1ccnc2c([C@H](C)CNc3cc(-c4cnc(N5CCN(CC(F)F)CC5)nc4)ncn3)cccc12.S. The summed E-state index contributed by atoms with van der Waals surface area (Å²) in [5, 5.41) is 6.88. The lowest BCUT2D eigenvalue weighted by molar-refractivity contribution is 0.0852. The number of halogens is 2. The third kappa shape index (κ3) is 7.03. The van der Waals surface area contributed by atoms with Crippen LogP contribution in [0, 0.1) is 0 Å². The first-order valence-corrected chi connectivity index (χ1v) is 13.2. The number of nitrogens with one attached hydrogen (secondary N) is 2. The predicted octanol–water partition coefficient (Wildman–Crippen LogP) is 3.56. The van der Waals surface area contributed by atoms with Gasteiger partial charge in [-0.3, -0.25) is 14.7 Å². The molecule has 0 radical (unpaired) electrons. The molecule has 4 heterocycles. The van der Waals surface area contributed by atoms with Gasteiger partial charge in [0, 0.05) is 81.3 Å². The predicted molar refractivity (Wildman–Crippen MR) is 160 cm³/mol. The summed E-state index contributed by atoms with van der Waals surface area (Å²) < 4.78 is 25.3. The highest BCUT2D eigenvalue weighted by molar-refractivity contribution is 7.59. The molecule has 3 aromatic heterocycles. The Labute approximate surface area is 244 Å². The maximum atomic E-state index is 12.6. The second-order valence-corrected chi connectivity index (χ2v) is 9.70. The van der Waals surface area contributed by atoms with Gasteiger partial charge in [-0.15, -0.1) is 0 Å². The number of piperazine rings is 1. The average Bonchev–Trinajstić information content (AvgIpc) is 2.99. The van der Waals surface area contributed by atoms with Gasteiger partial charge in [0.1, 0.15) is 12.1 Å². The maximum absolute atomic E-state index is 12.6. The summed E-state index contributed by atoms with van der Waals surface area (Å²) >= 11 is 0. The third-order valence-electron chi connectivity index (χ3n) is 7.05. The second kappa shape index (κ2) is 13.6. The summed E-state index contributed by atoms with van der Waals surface area (Å²) in [6.45, 7) is 4.80. The number of rotatable bonds is 9. The summed E-state index contributed by atoms with van der Waals surface area (Å²) in [6.07, 6.45) is 4.26. The highest BCUT2D eigenvalue weighted by Gasteiger charge is 2.21. The van der Waals surface area contributed by atoms with E-state index in [4.69, 9.17) is 0 Å². The Balaban J connectivity index is 0.00000387. The van der Waals surface area contributed by atoms with Crippen LogP contribution in [0.4, 0.5) is 20.5 Å². The number of pyridine rings is 1. The van der Waals surface area contributed by atoms with E-state index in [1.807, 2.05) is 29.2 Å². The summed E-state index contributed by atoms with van der Waals surface area (Å²) in [5.41, 5.74) is 3.86. The highest BCUT2D eigenvalue weighted by atomic mass is 32.1. The zero-order valence-electron chi connectivity index (χ0n) is 22.9. The minimum absolute atomic E-state index is 0. The number of nitrogens with zero attached hydrogens (tertiary/aromatic N) is 7. The Bertz CT molecular complexity index is 1470. The molecule has 0 bridgehead atoms. The second-order valence-electron chi connectivity index (χ2n) is 9.70. The van der Waals surface area contributed by atoms with Gasteiger partial charge in [0.25, 0.3) is 12.3 Å². The molecule has 1 atom stereocenters. The molecule has 4 aromatic rings. The molecule has 1 amide bonds. The molecular weight excluding hydrogens is 548 g/mol. The first kappa shape index (κ1) is 30.0. The van der Waals surface area contributed by atoms with Crippen LogP contribution >= 0.6 is 13.5 Å². The van der Waals surface area contributed by atoms with E-state index in [0.29, 0.717) is 55.7 Å². The Hall–Kier alpha value is -3.97. The topological polar surface area (TPSA) is 112 Å². The minimum atomic E-state index is -2.32. The van der Waals surface area contributed by atoms with Crippen molar-refractivity contribution in [3.63, 3.8) is 0 Å². The van der Waals surface area contributed by atoms with Crippen LogP contribution in [-0.2, 0) is 0 Å². The zero-order valence-corrected chi connectivity index (χ0v) is 23.9. The molecule has 1 aliphatic rings. The summed E-state index contributed by atoms with van der Waals surface area (Å²) in [5.74, 6) is 1.17. The number of benzene rings is 1. The largest absolute Gasteiger partial charge is 0.369 e. The number of amides is 1. The molecule has 216 valence electrons. The van der Waals surface area contributed by atoms with Gasteiger partial charge in [0.2, 0.25) is 5.95 Å². The average molecular weight is 582 g/mol. The molecule has 1 fully saturated rings. The number of aromatic nitrogens is 5. The van der Waals surface area contributed by atoms with Crippen LogP contribution < -0.4 is 15.5 Å². The van der Waals surface area contributed by atoms with Gasteiger partial charge < -0.3 is 15.5 Å². The normalized spacial score (nSPS) is 14.5. The lowest BCUT2D eigenvalue weighted by atomic mass is 9.96. The van der Waals surface area contributed by atoms with Crippen LogP contribution in [0.25, 0.3) is 22.2 Å². The summed E-state index contributed by atoms with van der Waals surface area (Å²) in [4.78, 5) is 38.4. The van der Waals surface area contributed by atoms with Gasteiger partial charge in [-0.25, -0.2) is 28.7 Å². The molecule has 2 N–H and O–H groups in total. The Morgan fingerprint density at radius 3 is 2.49 bits per heavy atom. The van der Waals surface area contributed by atoms with Crippen LogP contribution in [0.1, 0.15) is 28.8 Å². The van der Waals surface area contributed by atoms with E-state index in [1.165, 1.54) is 6.33 Å². The van der Waals surface area contributed by atoms with E-state index in [-0.39, 0.29) is 31.9 Å². The van der Waals surface area contributed by atoms with Crippen LogP contribution in [0.15, 0.2) is 55.2 Å². The maximum Gasteiger partial charge on any atom is 0.251 e. The minimum Gasteiger partial charge on any atom is -0.369 e. The van der Waals surface area contributed by atoms with E-state index < -0.39 is 6.43 Å². The van der Waals surface area contributed by atoms with E-state index in [2.05, 4.69) is 42.5 Å². The quantitative estimate of drug-likeness (QED) is 0.306. The van der Waals surface area contributed by atoms with E-state index in [9.17, 15) is 13.6 Å². The van der Waals surface area contributed by atoms with Crippen LogP contribution in [0.2, 0.25) is 0 Å².